The molecule has 1 aromatic carbocycles. The molecule has 0 aliphatic rings. The van der Waals surface area contributed by atoms with Gasteiger partial charge in [0.25, 0.3) is 5.69 Å². The van der Waals surface area contributed by atoms with Crippen molar-refractivity contribution >= 4 is 11.5 Å². The molecule has 6 heteroatoms. The number of nitrogens with zero attached hydrogens (tertiary/aromatic N) is 1. The lowest BCUT2D eigenvalue weighted by Crippen LogP contribution is -2.11. The highest BCUT2D eigenvalue weighted by Gasteiger charge is 2.21. The number of aliphatic hydroxyl groups excluding tert-OH is 2. The van der Waals surface area contributed by atoms with Crippen LogP contribution in [0, 0.1) is 10.1 Å². The van der Waals surface area contributed by atoms with Crippen LogP contribution < -0.4 is 0 Å². The summed E-state index contributed by atoms with van der Waals surface area (Å²) in [5.74, 6) is -0.728. The Balaban J connectivity index is 3.11. The number of nitro groups is 1. The number of hydrogen-bond donors (Lipinski definition) is 2. The average molecular weight is 251 g/mol. The van der Waals surface area contributed by atoms with Crippen LogP contribution in [0.5, 0.6) is 0 Å². The summed E-state index contributed by atoms with van der Waals surface area (Å²) >= 11 is 0. The Morgan fingerprint density at radius 2 is 1.78 bits per heavy atom. The molecule has 0 aromatic heterocycles. The molecule has 0 bridgehead atoms. The Labute approximate surface area is 103 Å². The van der Waals surface area contributed by atoms with Crippen LogP contribution in [0.2, 0.25) is 0 Å². The smallest absolute Gasteiger partial charge is 0.269 e. The Bertz CT molecular complexity index is 500. The van der Waals surface area contributed by atoms with E-state index < -0.39 is 16.8 Å². The topological polar surface area (TPSA) is 101 Å². The zero-order valence-electron chi connectivity index (χ0n) is 9.95. The van der Waals surface area contributed by atoms with Gasteiger partial charge in [-0.3, -0.25) is 14.9 Å². The lowest BCUT2D eigenvalue weighted by molar-refractivity contribution is -0.384. The first-order valence-corrected chi connectivity index (χ1v) is 5.17. The molecule has 6 nitrogen and oxygen atoms in total. The van der Waals surface area contributed by atoms with Crippen LogP contribution in [-0.2, 0) is 4.79 Å². The van der Waals surface area contributed by atoms with E-state index in [9.17, 15) is 25.1 Å². The van der Waals surface area contributed by atoms with Gasteiger partial charge in [-0.15, -0.1) is 0 Å². The number of non-ortho nitro benzene ring substituents is 1. The Morgan fingerprint density at radius 3 is 2.11 bits per heavy atom. The van der Waals surface area contributed by atoms with Crippen molar-refractivity contribution in [3.05, 3.63) is 51.3 Å². The molecule has 0 aliphatic heterocycles. The zero-order chi connectivity index (χ0) is 13.9. The fraction of sp³-hybridized carbons (Fsp3) is 0.250. The molecule has 0 saturated carbocycles. The maximum atomic E-state index is 11.3. The molecule has 2 N–H and O–H groups in total. The summed E-state index contributed by atoms with van der Waals surface area (Å²) in [7, 11) is 0. The van der Waals surface area contributed by atoms with Crippen LogP contribution in [0.4, 0.5) is 5.69 Å². The van der Waals surface area contributed by atoms with Gasteiger partial charge < -0.3 is 10.2 Å². The summed E-state index contributed by atoms with van der Waals surface area (Å²) in [6, 6.07) is 5.13. The highest BCUT2D eigenvalue weighted by atomic mass is 16.6. The van der Waals surface area contributed by atoms with Gasteiger partial charge in [-0.25, -0.2) is 0 Å². The van der Waals surface area contributed by atoms with Gasteiger partial charge in [0.15, 0.2) is 5.78 Å². The fourth-order valence-corrected chi connectivity index (χ4v) is 1.59. The number of carbonyl (C=O) groups excluding carboxylic acids is 1. The summed E-state index contributed by atoms with van der Waals surface area (Å²) in [5.41, 5.74) is 0.0723. The van der Waals surface area contributed by atoms with Gasteiger partial charge in [0.1, 0.15) is 6.10 Å². The van der Waals surface area contributed by atoms with E-state index >= 15 is 0 Å². The Kier molecular flexibility index (Phi) is 4.17. The highest BCUT2D eigenvalue weighted by Crippen LogP contribution is 2.25. The Morgan fingerprint density at radius 1 is 1.28 bits per heavy atom. The van der Waals surface area contributed by atoms with E-state index in [2.05, 4.69) is 0 Å². The minimum Gasteiger partial charge on any atom is -0.512 e. The number of allylic oxidation sites excluding steroid dienone is 1. The standard InChI is InChI=1S/C12H13NO5/c1-7(14)11(8(2)15)12(16)9-3-5-10(6-4-9)13(17)18/h3-6,12,14,16H,1-2H3/b11-7+/t12-/m0/s1. The van der Waals surface area contributed by atoms with Crippen molar-refractivity contribution in [2.75, 3.05) is 0 Å². The molecule has 0 heterocycles. The van der Waals surface area contributed by atoms with E-state index in [1.807, 2.05) is 0 Å². The second-order valence-electron chi connectivity index (χ2n) is 3.81. The van der Waals surface area contributed by atoms with E-state index in [1.165, 1.54) is 38.1 Å². The third-order valence-electron chi connectivity index (χ3n) is 2.46. The molecule has 0 amide bonds. The van der Waals surface area contributed by atoms with Crippen LogP contribution in [0.15, 0.2) is 35.6 Å². The SMILES string of the molecule is CC(=O)/C(=C(/C)O)[C@@H](O)c1ccc([N+](=O)[O-])cc1. The molecule has 1 aromatic rings. The number of ketones is 1. The van der Waals surface area contributed by atoms with E-state index in [0.717, 1.165) is 0 Å². The number of nitro benzene ring substituents is 1. The molecule has 0 spiro atoms. The number of carbonyl (C=O) groups is 1. The van der Waals surface area contributed by atoms with Gasteiger partial charge in [-0.2, -0.15) is 0 Å². The van der Waals surface area contributed by atoms with Crippen molar-refractivity contribution in [2.45, 2.75) is 20.0 Å². The van der Waals surface area contributed by atoms with Crippen LogP contribution in [0.3, 0.4) is 0 Å². The maximum Gasteiger partial charge on any atom is 0.269 e. The first-order valence-electron chi connectivity index (χ1n) is 5.17. The first kappa shape index (κ1) is 13.9. The number of hydrogen-bond acceptors (Lipinski definition) is 5. The van der Waals surface area contributed by atoms with Crippen molar-refractivity contribution < 1.29 is 19.9 Å². The molecule has 0 saturated heterocycles. The van der Waals surface area contributed by atoms with Crippen molar-refractivity contribution in [3.8, 4) is 0 Å². The maximum absolute atomic E-state index is 11.3. The summed E-state index contributed by atoms with van der Waals surface area (Å²) < 4.78 is 0. The van der Waals surface area contributed by atoms with E-state index in [-0.39, 0.29) is 17.0 Å². The summed E-state index contributed by atoms with van der Waals surface area (Å²) in [5, 5.41) is 29.8. The average Bonchev–Trinajstić information content (AvgIpc) is 2.28. The second kappa shape index (κ2) is 5.42. The summed E-state index contributed by atoms with van der Waals surface area (Å²) in [4.78, 5) is 21.2. The van der Waals surface area contributed by atoms with Crippen LogP contribution in [0.25, 0.3) is 0 Å². The molecule has 0 fully saturated rings. The Hall–Kier alpha value is -2.21. The molecular formula is C12H13NO5. The lowest BCUT2D eigenvalue weighted by Gasteiger charge is -2.13. The van der Waals surface area contributed by atoms with Crippen molar-refractivity contribution in [3.63, 3.8) is 0 Å². The number of benzene rings is 1. The van der Waals surface area contributed by atoms with E-state index in [4.69, 9.17) is 0 Å². The van der Waals surface area contributed by atoms with E-state index in [1.54, 1.807) is 0 Å². The molecule has 1 atom stereocenters. The van der Waals surface area contributed by atoms with Gasteiger partial charge >= 0.3 is 0 Å². The molecule has 1 rings (SSSR count). The number of aliphatic hydroxyl groups is 2. The molecule has 0 radical (unpaired) electrons. The third kappa shape index (κ3) is 2.92. The quantitative estimate of drug-likeness (QED) is 0.369. The van der Waals surface area contributed by atoms with Crippen LogP contribution in [0.1, 0.15) is 25.5 Å². The lowest BCUT2D eigenvalue weighted by atomic mass is 9.98. The molecule has 18 heavy (non-hydrogen) atoms. The fourth-order valence-electron chi connectivity index (χ4n) is 1.59. The van der Waals surface area contributed by atoms with E-state index in [0.29, 0.717) is 5.56 Å². The third-order valence-corrected chi connectivity index (χ3v) is 2.46. The van der Waals surface area contributed by atoms with Gasteiger partial charge in [0.05, 0.1) is 16.3 Å². The molecule has 0 aliphatic carbocycles. The van der Waals surface area contributed by atoms with Crippen LogP contribution >= 0.6 is 0 Å². The minimum absolute atomic E-state index is 0.111. The van der Waals surface area contributed by atoms with Gasteiger partial charge in [-0.05, 0) is 31.5 Å². The second-order valence-corrected chi connectivity index (χ2v) is 3.81. The monoisotopic (exact) mass is 251 g/mol. The van der Waals surface area contributed by atoms with Gasteiger partial charge in [0.2, 0.25) is 0 Å². The predicted molar refractivity (Wildman–Crippen MR) is 64.1 cm³/mol. The number of Topliss-reactive ketones (excluding diaryl/α,β-unsaturated/α-hetero) is 1. The molecule has 0 unspecified atom stereocenters. The van der Waals surface area contributed by atoms with Crippen LogP contribution in [-0.4, -0.2) is 20.9 Å². The van der Waals surface area contributed by atoms with Gasteiger partial charge in [-0.1, -0.05) is 0 Å². The predicted octanol–water partition coefficient (Wildman–Crippen LogP) is 2.05. The summed E-state index contributed by atoms with van der Waals surface area (Å²) in [6.07, 6.45) is -1.30. The summed E-state index contributed by atoms with van der Waals surface area (Å²) in [6.45, 7) is 2.52. The normalized spacial score (nSPS) is 13.7. The zero-order valence-corrected chi connectivity index (χ0v) is 9.95. The van der Waals surface area contributed by atoms with Crippen molar-refractivity contribution in [2.24, 2.45) is 0 Å². The van der Waals surface area contributed by atoms with Crippen molar-refractivity contribution in [1.82, 2.24) is 0 Å². The minimum atomic E-state index is -1.30. The molecular weight excluding hydrogens is 238 g/mol. The van der Waals surface area contributed by atoms with Crippen molar-refractivity contribution in [1.29, 1.82) is 0 Å². The largest absolute Gasteiger partial charge is 0.512 e. The number of rotatable bonds is 4. The van der Waals surface area contributed by atoms with Gasteiger partial charge in [0, 0.05) is 12.1 Å². The highest BCUT2D eigenvalue weighted by molar-refractivity contribution is 5.94. The molecule has 96 valence electrons. The first-order chi connectivity index (χ1) is 8.34.